The Morgan fingerprint density at radius 2 is 1.54 bits per heavy atom. The van der Waals surface area contributed by atoms with Gasteiger partial charge in [-0.3, -0.25) is 9.59 Å². The van der Waals surface area contributed by atoms with Crippen LogP contribution in [-0.4, -0.2) is 28.8 Å². The number of amides is 2. The van der Waals surface area contributed by atoms with E-state index in [-0.39, 0.29) is 24.3 Å². The molecule has 0 aromatic heterocycles. The van der Waals surface area contributed by atoms with E-state index in [4.69, 9.17) is 0 Å². The standard InChI is InChI=1S/C30H35BrN2O2/c1-5-23(4)32-30(35)28(18-24-9-7-6-8-10-24)33(20-25-13-15-27(31)16-14-25)29(34)19-26-12-11-21(2)22(3)17-26/h6-17,23,28H,5,18-20H2,1-4H3,(H,32,35)/t23-,28-/m1/s1. The zero-order chi connectivity index (χ0) is 25.4. The Morgan fingerprint density at radius 1 is 0.886 bits per heavy atom. The van der Waals surface area contributed by atoms with E-state index in [0.29, 0.717) is 13.0 Å². The summed E-state index contributed by atoms with van der Waals surface area (Å²) >= 11 is 3.48. The predicted octanol–water partition coefficient (Wildman–Crippen LogP) is 6.16. The zero-order valence-corrected chi connectivity index (χ0v) is 22.6. The van der Waals surface area contributed by atoms with Crippen molar-refractivity contribution in [3.05, 3.63) is 105 Å². The highest BCUT2D eigenvalue weighted by molar-refractivity contribution is 9.10. The molecule has 0 aliphatic rings. The van der Waals surface area contributed by atoms with E-state index in [0.717, 1.165) is 33.1 Å². The van der Waals surface area contributed by atoms with Crippen molar-refractivity contribution in [1.82, 2.24) is 10.2 Å². The molecule has 3 aromatic carbocycles. The van der Waals surface area contributed by atoms with Crippen LogP contribution in [0.1, 0.15) is 48.1 Å². The lowest BCUT2D eigenvalue weighted by Gasteiger charge is -2.32. The second kappa shape index (κ2) is 12.7. The van der Waals surface area contributed by atoms with Crippen molar-refractivity contribution >= 4 is 27.7 Å². The van der Waals surface area contributed by atoms with Crippen LogP contribution in [0.25, 0.3) is 0 Å². The molecule has 0 radical (unpaired) electrons. The summed E-state index contributed by atoms with van der Waals surface area (Å²) in [6, 6.07) is 23.4. The summed E-state index contributed by atoms with van der Waals surface area (Å²) in [5, 5.41) is 3.12. The molecule has 5 heteroatoms. The average Bonchev–Trinajstić information content (AvgIpc) is 2.85. The van der Waals surface area contributed by atoms with Crippen molar-refractivity contribution < 1.29 is 9.59 Å². The van der Waals surface area contributed by atoms with Crippen LogP contribution in [0, 0.1) is 13.8 Å². The van der Waals surface area contributed by atoms with Gasteiger partial charge in [-0.25, -0.2) is 0 Å². The monoisotopic (exact) mass is 534 g/mol. The maximum absolute atomic E-state index is 13.8. The van der Waals surface area contributed by atoms with Gasteiger partial charge in [-0.1, -0.05) is 83.5 Å². The van der Waals surface area contributed by atoms with E-state index in [1.54, 1.807) is 4.90 Å². The average molecular weight is 536 g/mol. The summed E-state index contributed by atoms with van der Waals surface area (Å²) in [5.41, 5.74) is 5.32. The second-order valence-electron chi connectivity index (χ2n) is 9.27. The highest BCUT2D eigenvalue weighted by atomic mass is 79.9. The minimum atomic E-state index is -0.617. The van der Waals surface area contributed by atoms with Crippen molar-refractivity contribution in [2.75, 3.05) is 0 Å². The summed E-state index contributed by atoms with van der Waals surface area (Å²) in [6.07, 6.45) is 1.53. The molecule has 35 heavy (non-hydrogen) atoms. The van der Waals surface area contributed by atoms with E-state index in [2.05, 4.69) is 41.2 Å². The van der Waals surface area contributed by atoms with E-state index < -0.39 is 6.04 Å². The second-order valence-corrected chi connectivity index (χ2v) is 10.2. The van der Waals surface area contributed by atoms with Crippen molar-refractivity contribution in [3.63, 3.8) is 0 Å². The SMILES string of the molecule is CC[C@@H](C)NC(=O)[C@@H](Cc1ccccc1)N(Cc1ccc(Br)cc1)C(=O)Cc1ccc(C)c(C)c1. The zero-order valence-electron chi connectivity index (χ0n) is 21.1. The van der Waals surface area contributed by atoms with Crippen LogP contribution in [0.3, 0.4) is 0 Å². The molecule has 0 spiro atoms. The van der Waals surface area contributed by atoms with Gasteiger partial charge in [-0.2, -0.15) is 0 Å². The van der Waals surface area contributed by atoms with E-state index in [1.807, 2.05) is 80.6 Å². The van der Waals surface area contributed by atoms with Crippen LogP contribution in [0.15, 0.2) is 77.3 Å². The molecular weight excluding hydrogens is 500 g/mol. The highest BCUT2D eigenvalue weighted by Gasteiger charge is 2.31. The number of carbonyl (C=O) groups excluding carboxylic acids is 2. The maximum Gasteiger partial charge on any atom is 0.243 e. The Labute approximate surface area is 217 Å². The fourth-order valence-corrected chi connectivity index (χ4v) is 4.24. The Hall–Kier alpha value is -2.92. The summed E-state index contributed by atoms with van der Waals surface area (Å²) in [6.45, 7) is 8.52. The van der Waals surface area contributed by atoms with Gasteiger partial charge >= 0.3 is 0 Å². The van der Waals surface area contributed by atoms with Crippen LogP contribution in [0.4, 0.5) is 0 Å². The van der Waals surface area contributed by atoms with Gasteiger partial charge in [0.05, 0.1) is 6.42 Å². The molecule has 0 heterocycles. The fraction of sp³-hybridized carbons (Fsp3) is 0.333. The number of hydrogen-bond donors (Lipinski definition) is 1. The van der Waals surface area contributed by atoms with E-state index in [9.17, 15) is 9.59 Å². The van der Waals surface area contributed by atoms with Gasteiger partial charge in [0.25, 0.3) is 0 Å². The summed E-state index contributed by atoms with van der Waals surface area (Å²) in [4.78, 5) is 29.1. The van der Waals surface area contributed by atoms with Crippen molar-refractivity contribution in [2.24, 2.45) is 0 Å². The smallest absolute Gasteiger partial charge is 0.243 e. The van der Waals surface area contributed by atoms with Gasteiger partial charge in [-0.05, 0) is 67.1 Å². The third-order valence-corrected chi connectivity index (χ3v) is 6.99. The number of nitrogens with zero attached hydrogens (tertiary/aromatic N) is 1. The molecule has 1 N–H and O–H groups in total. The first kappa shape index (κ1) is 26.7. The number of halogens is 1. The van der Waals surface area contributed by atoms with Crippen molar-refractivity contribution in [3.8, 4) is 0 Å². The van der Waals surface area contributed by atoms with Gasteiger partial charge in [0.1, 0.15) is 6.04 Å². The first-order valence-corrected chi connectivity index (χ1v) is 13.0. The molecule has 0 saturated carbocycles. The van der Waals surface area contributed by atoms with Crippen LogP contribution >= 0.6 is 15.9 Å². The van der Waals surface area contributed by atoms with Crippen LogP contribution < -0.4 is 5.32 Å². The number of benzene rings is 3. The first-order chi connectivity index (χ1) is 16.8. The lowest BCUT2D eigenvalue weighted by molar-refractivity contribution is -0.141. The van der Waals surface area contributed by atoms with Gasteiger partial charge in [-0.15, -0.1) is 0 Å². The Kier molecular flexibility index (Phi) is 9.67. The number of rotatable bonds is 10. The topological polar surface area (TPSA) is 49.4 Å². The van der Waals surface area contributed by atoms with Gasteiger partial charge < -0.3 is 10.2 Å². The number of aryl methyl sites for hydroxylation is 2. The molecule has 0 aliphatic carbocycles. The molecule has 2 amide bonds. The molecule has 0 bridgehead atoms. The van der Waals surface area contributed by atoms with Crippen molar-refractivity contribution in [1.29, 1.82) is 0 Å². The maximum atomic E-state index is 13.8. The molecule has 0 unspecified atom stereocenters. The molecule has 0 aliphatic heterocycles. The number of hydrogen-bond acceptors (Lipinski definition) is 2. The molecule has 3 aromatic rings. The Balaban J connectivity index is 1.97. The number of nitrogens with one attached hydrogen (secondary N) is 1. The molecule has 184 valence electrons. The molecular formula is C30H35BrN2O2. The minimum absolute atomic E-state index is 0.0326. The molecule has 4 nitrogen and oxygen atoms in total. The van der Waals surface area contributed by atoms with Crippen molar-refractivity contribution in [2.45, 2.75) is 65.6 Å². The molecule has 2 atom stereocenters. The Bertz CT molecular complexity index is 1130. The summed E-state index contributed by atoms with van der Waals surface area (Å²) in [7, 11) is 0. The molecule has 0 saturated heterocycles. The Morgan fingerprint density at radius 3 is 2.17 bits per heavy atom. The molecule has 3 rings (SSSR count). The normalized spacial score (nSPS) is 12.6. The highest BCUT2D eigenvalue weighted by Crippen LogP contribution is 2.19. The largest absolute Gasteiger partial charge is 0.352 e. The third-order valence-electron chi connectivity index (χ3n) is 6.46. The van der Waals surface area contributed by atoms with Gasteiger partial charge in [0.15, 0.2) is 0 Å². The lowest BCUT2D eigenvalue weighted by atomic mass is 10.00. The summed E-state index contributed by atoms with van der Waals surface area (Å²) < 4.78 is 0.976. The van der Waals surface area contributed by atoms with Crippen LogP contribution in [0.2, 0.25) is 0 Å². The predicted molar refractivity (Wildman–Crippen MR) is 146 cm³/mol. The lowest BCUT2D eigenvalue weighted by Crippen LogP contribution is -2.52. The third kappa shape index (κ3) is 7.79. The van der Waals surface area contributed by atoms with Crippen LogP contribution in [0.5, 0.6) is 0 Å². The number of carbonyl (C=O) groups is 2. The first-order valence-electron chi connectivity index (χ1n) is 12.2. The van der Waals surface area contributed by atoms with E-state index in [1.165, 1.54) is 5.56 Å². The van der Waals surface area contributed by atoms with Gasteiger partial charge in [0, 0.05) is 23.5 Å². The van der Waals surface area contributed by atoms with Crippen LogP contribution in [-0.2, 0) is 29.0 Å². The van der Waals surface area contributed by atoms with Gasteiger partial charge in [0.2, 0.25) is 11.8 Å². The van der Waals surface area contributed by atoms with E-state index >= 15 is 0 Å². The summed E-state index contributed by atoms with van der Waals surface area (Å²) in [5.74, 6) is -0.176. The minimum Gasteiger partial charge on any atom is -0.352 e. The quantitative estimate of drug-likeness (QED) is 0.338. The fourth-order valence-electron chi connectivity index (χ4n) is 3.97. The molecule has 0 fully saturated rings.